The molecule has 0 saturated heterocycles. The SMILES string of the molecule is O=C(CSCc1ccc(Cl)c(Cl)c1)N[C@H]1CCOc2ccccc21. The molecule has 0 unspecified atom stereocenters. The molecule has 24 heavy (non-hydrogen) atoms. The van der Waals surface area contributed by atoms with Gasteiger partial charge in [0.1, 0.15) is 5.75 Å². The van der Waals surface area contributed by atoms with E-state index in [-0.39, 0.29) is 11.9 Å². The third-order valence-corrected chi connectivity index (χ3v) is 5.52. The first-order valence-electron chi connectivity index (χ1n) is 7.66. The Balaban J connectivity index is 1.50. The van der Waals surface area contributed by atoms with Crippen LogP contribution in [0.1, 0.15) is 23.6 Å². The van der Waals surface area contributed by atoms with Crippen molar-refractivity contribution in [1.29, 1.82) is 0 Å². The molecular formula is C18H17Cl2NO2S. The topological polar surface area (TPSA) is 38.3 Å². The zero-order valence-electron chi connectivity index (χ0n) is 12.9. The quantitative estimate of drug-likeness (QED) is 0.802. The van der Waals surface area contributed by atoms with Gasteiger partial charge in [0.25, 0.3) is 0 Å². The van der Waals surface area contributed by atoms with Crippen LogP contribution in [0.25, 0.3) is 0 Å². The van der Waals surface area contributed by atoms with Crippen LogP contribution in [0, 0.1) is 0 Å². The third kappa shape index (κ3) is 4.38. The molecule has 0 fully saturated rings. The number of hydrogen-bond donors (Lipinski definition) is 1. The fourth-order valence-electron chi connectivity index (χ4n) is 2.62. The summed E-state index contributed by atoms with van der Waals surface area (Å²) in [6, 6.07) is 13.4. The molecular weight excluding hydrogens is 365 g/mol. The van der Waals surface area contributed by atoms with Crippen molar-refractivity contribution in [3.05, 3.63) is 63.6 Å². The van der Waals surface area contributed by atoms with Crippen molar-refractivity contribution >= 4 is 40.9 Å². The highest BCUT2D eigenvalue weighted by atomic mass is 35.5. The summed E-state index contributed by atoms with van der Waals surface area (Å²) in [5.41, 5.74) is 2.10. The van der Waals surface area contributed by atoms with Crippen molar-refractivity contribution in [2.75, 3.05) is 12.4 Å². The van der Waals surface area contributed by atoms with E-state index < -0.39 is 0 Å². The number of benzene rings is 2. The maximum atomic E-state index is 12.2. The number of carbonyl (C=O) groups excluding carboxylic acids is 1. The fraction of sp³-hybridized carbons (Fsp3) is 0.278. The van der Waals surface area contributed by atoms with Crippen molar-refractivity contribution < 1.29 is 9.53 Å². The molecule has 2 aromatic rings. The van der Waals surface area contributed by atoms with Crippen LogP contribution in [0.5, 0.6) is 5.75 Å². The highest BCUT2D eigenvalue weighted by Crippen LogP contribution is 2.31. The van der Waals surface area contributed by atoms with Gasteiger partial charge in [-0.15, -0.1) is 11.8 Å². The predicted octanol–water partition coefficient (Wildman–Crippen LogP) is 4.87. The van der Waals surface area contributed by atoms with E-state index in [4.69, 9.17) is 27.9 Å². The van der Waals surface area contributed by atoms with Gasteiger partial charge >= 0.3 is 0 Å². The zero-order valence-corrected chi connectivity index (χ0v) is 15.3. The van der Waals surface area contributed by atoms with Gasteiger partial charge in [-0.1, -0.05) is 47.5 Å². The van der Waals surface area contributed by atoms with Gasteiger partial charge in [-0.25, -0.2) is 0 Å². The monoisotopic (exact) mass is 381 g/mol. The molecule has 0 radical (unpaired) electrons. The molecule has 3 nitrogen and oxygen atoms in total. The number of rotatable bonds is 5. The van der Waals surface area contributed by atoms with Crippen LogP contribution in [0.15, 0.2) is 42.5 Å². The minimum Gasteiger partial charge on any atom is -0.493 e. The average Bonchev–Trinajstić information content (AvgIpc) is 2.58. The molecule has 6 heteroatoms. The van der Waals surface area contributed by atoms with E-state index in [9.17, 15) is 4.79 Å². The second kappa shape index (κ2) is 8.15. The molecule has 1 aliphatic heterocycles. The lowest BCUT2D eigenvalue weighted by Gasteiger charge is -2.26. The summed E-state index contributed by atoms with van der Waals surface area (Å²) in [4.78, 5) is 12.2. The summed E-state index contributed by atoms with van der Waals surface area (Å²) in [5.74, 6) is 2.01. The average molecular weight is 382 g/mol. The van der Waals surface area contributed by atoms with E-state index in [0.29, 0.717) is 28.2 Å². The molecule has 0 aromatic heterocycles. The Labute approximate surface area is 155 Å². The molecule has 0 bridgehead atoms. The van der Waals surface area contributed by atoms with Gasteiger partial charge in [-0.2, -0.15) is 0 Å². The molecule has 1 N–H and O–H groups in total. The van der Waals surface area contributed by atoms with E-state index in [1.807, 2.05) is 36.4 Å². The van der Waals surface area contributed by atoms with Gasteiger partial charge in [-0.3, -0.25) is 4.79 Å². The second-order valence-corrected chi connectivity index (χ2v) is 7.34. The summed E-state index contributed by atoms with van der Waals surface area (Å²) in [7, 11) is 0. The minimum absolute atomic E-state index is 0.0213. The molecule has 1 amide bonds. The van der Waals surface area contributed by atoms with Crippen molar-refractivity contribution in [1.82, 2.24) is 5.32 Å². The van der Waals surface area contributed by atoms with Crippen molar-refractivity contribution in [2.24, 2.45) is 0 Å². The summed E-state index contributed by atoms with van der Waals surface area (Å²) in [5, 5.41) is 4.18. The van der Waals surface area contributed by atoms with Gasteiger partial charge < -0.3 is 10.1 Å². The Morgan fingerprint density at radius 3 is 2.88 bits per heavy atom. The molecule has 0 aliphatic carbocycles. The second-order valence-electron chi connectivity index (χ2n) is 5.54. The van der Waals surface area contributed by atoms with Crippen LogP contribution in [0.2, 0.25) is 10.0 Å². The summed E-state index contributed by atoms with van der Waals surface area (Å²) in [6.45, 7) is 0.623. The highest BCUT2D eigenvalue weighted by molar-refractivity contribution is 7.99. The minimum atomic E-state index is 0.0213. The van der Waals surface area contributed by atoms with Gasteiger partial charge in [0.05, 0.1) is 28.4 Å². The first-order valence-corrected chi connectivity index (χ1v) is 9.57. The number of fused-ring (bicyclic) bond motifs is 1. The normalized spacial score (nSPS) is 16.2. The summed E-state index contributed by atoms with van der Waals surface area (Å²) < 4.78 is 5.62. The Bertz CT molecular complexity index is 739. The van der Waals surface area contributed by atoms with Crippen LogP contribution in [-0.4, -0.2) is 18.3 Å². The molecule has 0 spiro atoms. The molecule has 1 heterocycles. The molecule has 126 valence electrons. The van der Waals surface area contributed by atoms with Crippen LogP contribution in [0.3, 0.4) is 0 Å². The number of hydrogen-bond acceptors (Lipinski definition) is 3. The van der Waals surface area contributed by atoms with Crippen molar-refractivity contribution in [3.63, 3.8) is 0 Å². The van der Waals surface area contributed by atoms with Gasteiger partial charge in [0.2, 0.25) is 5.91 Å². The molecule has 1 atom stereocenters. The number of ether oxygens (including phenoxy) is 1. The maximum Gasteiger partial charge on any atom is 0.230 e. The maximum absolute atomic E-state index is 12.2. The number of nitrogens with one attached hydrogen (secondary N) is 1. The third-order valence-electron chi connectivity index (χ3n) is 3.78. The van der Waals surface area contributed by atoms with Crippen LogP contribution in [-0.2, 0) is 10.5 Å². The zero-order chi connectivity index (χ0) is 16.9. The lowest BCUT2D eigenvalue weighted by atomic mass is 10.0. The molecule has 2 aromatic carbocycles. The van der Waals surface area contributed by atoms with E-state index in [1.165, 1.54) is 0 Å². The highest BCUT2D eigenvalue weighted by Gasteiger charge is 2.22. The number of thioether (sulfide) groups is 1. The summed E-state index contributed by atoms with van der Waals surface area (Å²) >= 11 is 13.5. The van der Waals surface area contributed by atoms with Gasteiger partial charge in [-0.05, 0) is 23.8 Å². The lowest BCUT2D eigenvalue weighted by molar-refractivity contribution is -0.119. The van der Waals surface area contributed by atoms with E-state index in [1.54, 1.807) is 17.8 Å². The van der Waals surface area contributed by atoms with Crippen LogP contribution >= 0.6 is 35.0 Å². The predicted molar refractivity (Wildman–Crippen MR) is 100 cm³/mol. The van der Waals surface area contributed by atoms with Gasteiger partial charge in [0.15, 0.2) is 0 Å². The van der Waals surface area contributed by atoms with Gasteiger partial charge in [0, 0.05) is 17.7 Å². The lowest BCUT2D eigenvalue weighted by Crippen LogP contribution is -2.33. The largest absolute Gasteiger partial charge is 0.493 e. The van der Waals surface area contributed by atoms with Crippen molar-refractivity contribution in [2.45, 2.75) is 18.2 Å². The Kier molecular flexibility index (Phi) is 5.93. The molecule has 0 saturated carbocycles. The Hall–Kier alpha value is -1.36. The Morgan fingerprint density at radius 1 is 1.21 bits per heavy atom. The Morgan fingerprint density at radius 2 is 2.04 bits per heavy atom. The first kappa shape index (κ1) is 17.5. The molecule has 1 aliphatic rings. The van der Waals surface area contributed by atoms with E-state index >= 15 is 0 Å². The number of para-hydroxylation sites is 1. The van der Waals surface area contributed by atoms with Crippen molar-refractivity contribution in [3.8, 4) is 5.75 Å². The van der Waals surface area contributed by atoms with Crippen LogP contribution < -0.4 is 10.1 Å². The fourth-order valence-corrected chi connectivity index (χ4v) is 3.73. The van der Waals surface area contributed by atoms with Crippen LogP contribution in [0.4, 0.5) is 0 Å². The smallest absolute Gasteiger partial charge is 0.230 e. The van der Waals surface area contributed by atoms with E-state index in [2.05, 4.69) is 5.32 Å². The molecule has 3 rings (SSSR count). The number of carbonyl (C=O) groups is 1. The summed E-state index contributed by atoms with van der Waals surface area (Å²) in [6.07, 6.45) is 0.792. The number of halogens is 2. The standard InChI is InChI=1S/C18H17Cl2NO2S/c19-14-6-5-12(9-15(14)20)10-24-11-18(22)21-16-7-8-23-17-4-2-1-3-13(16)17/h1-6,9,16H,7-8,10-11H2,(H,21,22)/t16-/m0/s1. The first-order chi connectivity index (χ1) is 11.6. The number of amides is 1. The van der Waals surface area contributed by atoms with E-state index in [0.717, 1.165) is 23.3 Å².